The second kappa shape index (κ2) is 3.79. The average Bonchev–Trinajstić information content (AvgIpc) is 1.98. The first-order chi connectivity index (χ1) is 6.00. The monoisotopic (exact) mass is 242 g/mol. The summed E-state index contributed by atoms with van der Waals surface area (Å²) in [6.45, 7) is 3.92. The Morgan fingerprint density at radius 3 is 2.23 bits per heavy atom. The normalized spacial score (nSPS) is 9.77. The van der Waals surface area contributed by atoms with Gasteiger partial charge in [-0.3, -0.25) is 0 Å². The first-order valence-corrected chi connectivity index (χ1v) is 4.63. The Bertz CT molecular complexity index is 326. The number of carbonyl (C=O) groups is 1. The summed E-state index contributed by atoms with van der Waals surface area (Å²) in [6, 6.07) is 3.19. The van der Waals surface area contributed by atoms with Crippen LogP contribution in [0.25, 0.3) is 0 Å². The van der Waals surface area contributed by atoms with Crippen molar-refractivity contribution in [2.45, 2.75) is 13.8 Å². The van der Waals surface area contributed by atoms with Crippen LogP contribution >= 0.6 is 15.9 Å². The first kappa shape index (κ1) is 10.1. The van der Waals surface area contributed by atoms with Crippen molar-refractivity contribution in [3.63, 3.8) is 0 Å². The van der Waals surface area contributed by atoms with Crippen LogP contribution in [0.5, 0.6) is 0 Å². The fourth-order valence-electron chi connectivity index (χ4n) is 1.16. The summed E-state index contributed by atoms with van der Waals surface area (Å²) >= 11 is 3.44. The third-order valence-corrected chi connectivity index (χ3v) is 2.95. The second-order valence-corrected chi connectivity index (χ2v) is 3.71. The highest BCUT2D eigenvalue weighted by Crippen LogP contribution is 2.24. The van der Waals surface area contributed by atoms with Crippen LogP contribution < -0.4 is 11.1 Å². The molecular weight excluding hydrogens is 232 g/mol. The molecule has 3 nitrogen and oxygen atoms in total. The van der Waals surface area contributed by atoms with E-state index in [1.54, 1.807) is 0 Å². The maximum absolute atomic E-state index is 10.6. The van der Waals surface area contributed by atoms with Crippen LogP contribution in [0.2, 0.25) is 0 Å². The number of amides is 2. The van der Waals surface area contributed by atoms with E-state index < -0.39 is 6.03 Å². The lowest BCUT2D eigenvalue weighted by atomic mass is 10.1. The van der Waals surface area contributed by atoms with Gasteiger partial charge in [0.05, 0.1) is 0 Å². The summed E-state index contributed by atoms with van der Waals surface area (Å²) in [7, 11) is 0. The van der Waals surface area contributed by atoms with Gasteiger partial charge in [-0.25, -0.2) is 4.79 Å². The van der Waals surface area contributed by atoms with Gasteiger partial charge >= 0.3 is 6.03 Å². The van der Waals surface area contributed by atoms with Crippen molar-refractivity contribution in [3.8, 4) is 0 Å². The third-order valence-electron chi connectivity index (χ3n) is 1.70. The summed E-state index contributed by atoms with van der Waals surface area (Å²) < 4.78 is 1.06. The highest BCUT2D eigenvalue weighted by molar-refractivity contribution is 9.10. The highest BCUT2D eigenvalue weighted by Gasteiger charge is 2.02. The number of carbonyl (C=O) groups excluding carboxylic acids is 1. The van der Waals surface area contributed by atoms with E-state index in [0.717, 1.165) is 21.3 Å². The number of hydrogen-bond donors (Lipinski definition) is 2. The number of rotatable bonds is 1. The molecule has 70 valence electrons. The number of benzene rings is 1. The van der Waals surface area contributed by atoms with Crippen molar-refractivity contribution in [3.05, 3.63) is 27.7 Å². The Labute approximate surface area is 85.4 Å². The summed E-state index contributed by atoms with van der Waals surface area (Å²) in [5.74, 6) is 0. The van der Waals surface area contributed by atoms with Crippen molar-refractivity contribution in [2.75, 3.05) is 5.32 Å². The topological polar surface area (TPSA) is 55.1 Å². The molecule has 2 amide bonds. The predicted molar refractivity (Wildman–Crippen MR) is 56.8 cm³/mol. The van der Waals surface area contributed by atoms with Gasteiger partial charge in [0.15, 0.2) is 0 Å². The van der Waals surface area contributed by atoms with Crippen molar-refractivity contribution in [2.24, 2.45) is 5.73 Å². The number of nitrogens with one attached hydrogen (secondary N) is 1. The molecule has 4 heteroatoms. The third kappa shape index (κ3) is 2.45. The largest absolute Gasteiger partial charge is 0.351 e. The maximum atomic E-state index is 10.6. The van der Waals surface area contributed by atoms with Crippen LogP contribution in [0.15, 0.2) is 16.6 Å². The molecule has 1 aromatic carbocycles. The Balaban J connectivity index is 3.06. The number of urea groups is 1. The SMILES string of the molecule is Cc1cc(NC(N)=O)cc(C)c1Br. The summed E-state index contributed by atoms with van der Waals surface area (Å²) in [6.07, 6.45) is 0. The van der Waals surface area contributed by atoms with E-state index in [1.807, 2.05) is 26.0 Å². The minimum atomic E-state index is -0.541. The molecule has 1 rings (SSSR count). The molecule has 0 heterocycles. The van der Waals surface area contributed by atoms with Crippen LogP contribution in [0.4, 0.5) is 10.5 Å². The minimum Gasteiger partial charge on any atom is -0.351 e. The smallest absolute Gasteiger partial charge is 0.316 e. The molecular formula is C9H11BrN2O. The molecule has 1 aromatic rings. The fraction of sp³-hybridized carbons (Fsp3) is 0.222. The van der Waals surface area contributed by atoms with Gasteiger partial charge in [0.2, 0.25) is 0 Å². The van der Waals surface area contributed by atoms with Gasteiger partial charge in [-0.05, 0) is 37.1 Å². The van der Waals surface area contributed by atoms with Crippen molar-refractivity contribution in [1.82, 2.24) is 0 Å². The minimum absolute atomic E-state index is 0.541. The van der Waals surface area contributed by atoms with E-state index in [2.05, 4.69) is 21.2 Å². The summed E-state index contributed by atoms with van der Waals surface area (Å²) in [5, 5.41) is 2.53. The fourth-order valence-corrected chi connectivity index (χ4v) is 1.39. The van der Waals surface area contributed by atoms with Crippen LogP contribution in [0.1, 0.15) is 11.1 Å². The standard InChI is InChI=1S/C9H11BrN2O/c1-5-3-7(12-9(11)13)4-6(2)8(5)10/h3-4H,1-2H3,(H3,11,12,13). The Kier molecular flexibility index (Phi) is 2.93. The molecule has 0 saturated carbocycles. The summed E-state index contributed by atoms with van der Waals surface area (Å²) in [5.41, 5.74) is 7.87. The van der Waals surface area contributed by atoms with Crippen molar-refractivity contribution in [1.29, 1.82) is 0 Å². The molecule has 3 N–H and O–H groups in total. The van der Waals surface area contributed by atoms with Crippen LogP contribution in [-0.2, 0) is 0 Å². The van der Waals surface area contributed by atoms with Crippen LogP contribution in [0, 0.1) is 13.8 Å². The second-order valence-electron chi connectivity index (χ2n) is 2.91. The molecule has 0 aliphatic carbocycles. The maximum Gasteiger partial charge on any atom is 0.316 e. The quantitative estimate of drug-likeness (QED) is 0.782. The predicted octanol–water partition coefficient (Wildman–Crippen LogP) is 2.56. The average molecular weight is 243 g/mol. The lowest BCUT2D eigenvalue weighted by molar-refractivity contribution is 0.259. The zero-order valence-corrected chi connectivity index (χ0v) is 9.10. The lowest BCUT2D eigenvalue weighted by Crippen LogP contribution is -2.19. The van der Waals surface area contributed by atoms with Gasteiger partial charge in [0, 0.05) is 10.2 Å². The number of nitrogens with two attached hydrogens (primary N) is 1. The van der Waals surface area contributed by atoms with E-state index in [0.29, 0.717) is 0 Å². The molecule has 0 aliphatic heterocycles. The Morgan fingerprint density at radius 1 is 1.38 bits per heavy atom. The number of halogens is 1. The Hall–Kier alpha value is -1.03. The van der Waals surface area contributed by atoms with E-state index in [-0.39, 0.29) is 0 Å². The van der Waals surface area contributed by atoms with Crippen molar-refractivity contribution < 1.29 is 4.79 Å². The van der Waals surface area contributed by atoms with Crippen LogP contribution in [0.3, 0.4) is 0 Å². The zero-order valence-electron chi connectivity index (χ0n) is 7.52. The van der Waals surface area contributed by atoms with Crippen molar-refractivity contribution >= 4 is 27.6 Å². The number of primary amides is 1. The van der Waals surface area contributed by atoms with E-state index >= 15 is 0 Å². The molecule has 0 radical (unpaired) electrons. The van der Waals surface area contributed by atoms with Gasteiger partial charge < -0.3 is 11.1 Å². The molecule has 0 saturated heterocycles. The zero-order chi connectivity index (χ0) is 10.0. The highest BCUT2D eigenvalue weighted by atomic mass is 79.9. The molecule has 0 spiro atoms. The van der Waals surface area contributed by atoms with Gasteiger partial charge in [0.1, 0.15) is 0 Å². The van der Waals surface area contributed by atoms with E-state index in [9.17, 15) is 4.79 Å². The Morgan fingerprint density at radius 2 is 1.85 bits per heavy atom. The number of aryl methyl sites for hydroxylation is 2. The molecule has 0 unspecified atom stereocenters. The molecule has 0 aromatic heterocycles. The van der Waals surface area contributed by atoms with E-state index in [1.165, 1.54) is 0 Å². The summed E-state index contributed by atoms with van der Waals surface area (Å²) in [4.78, 5) is 10.6. The van der Waals surface area contributed by atoms with Gasteiger partial charge in [0.25, 0.3) is 0 Å². The van der Waals surface area contributed by atoms with Gasteiger partial charge in [-0.15, -0.1) is 0 Å². The van der Waals surface area contributed by atoms with Gasteiger partial charge in [-0.2, -0.15) is 0 Å². The van der Waals surface area contributed by atoms with Gasteiger partial charge in [-0.1, -0.05) is 15.9 Å². The molecule has 0 fully saturated rings. The number of anilines is 1. The lowest BCUT2D eigenvalue weighted by Gasteiger charge is -2.07. The molecule has 0 bridgehead atoms. The van der Waals surface area contributed by atoms with Crippen LogP contribution in [-0.4, -0.2) is 6.03 Å². The first-order valence-electron chi connectivity index (χ1n) is 3.84. The molecule has 0 aliphatic rings. The number of hydrogen-bond acceptors (Lipinski definition) is 1. The molecule has 0 atom stereocenters. The molecule has 13 heavy (non-hydrogen) atoms. The van der Waals surface area contributed by atoms with E-state index in [4.69, 9.17) is 5.73 Å².